The summed E-state index contributed by atoms with van der Waals surface area (Å²) in [7, 11) is -2.78. The van der Waals surface area contributed by atoms with Crippen LogP contribution in [-0.4, -0.2) is 35.5 Å². The minimum Gasteiger partial charge on any atom is -0.462 e. The van der Waals surface area contributed by atoms with Crippen molar-refractivity contribution in [3.8, 4) is 0 Å². The summed E-state index contributed by atoms with van der Waals surface area (Å²) in [5.74, 6) is -1.15. The van der Waals surface area contributed by atoms with E-state index in [4.69, 9.17) is 27.9 Å². The van der Waals surface area contributed by atoms with Gasteiger partial charge in [0.1, 0.15) is 10.5 Å². The van der Waals surface area contributed by atoms with Gasteiger partial charge in [-0.25, -0.2) is 27.5 Å². The quantitative estimate of drug-likeness (QED) is 0.251. The summed E-state index contributed by atoms with van der Waals surface area (Å²) in [6.45, 7) is 1.33. The summed E-state index contributed by atoms with van der Waals surface area (Å²) in [6, 6.07) is 7.51. The molecule has 1 aromatic carbocycles. The maximum Gasteiger partial charge on any atom is 0.417 e. The molecule has 0 aliphatic carbocycles. The van der Waals surface area contributed by atoms with Crippen LogP contribution in [0.4, 0.5) is 19.0 Å². The summed E-state index contributed by atoms with van der Waals surface area (Å²) in [4.78, 5) is 19.7. The van der Waals surface area contributed by atoms with Gasteiger partial charge in [0.15, 0.2) is 5.82 Å². The van der Waals surface area contributed by atoms with Gasteiger partial charge in [-0.15, -0.1) is 0 Å². The molecule has 14 heteroatoms. The Morgan fingerprint density at radius 2 is 1.82 bits per heavy atom. The van der Waals surface area contributed by atoms with Crippen molar-refractivity contribution in [2.75, 3.05) is 10.9 Å². The Morgan fingerprint density at radius 3 is 2.45 bits per heavy atom. The lowest BCUT2D eigenvalue weighted by Crippen LogP contribution is -2.32. The van der Waals surface area contributed by atoms with Crippen LogP contribution in [0, 0.1) is 0 Å². The number of carbonyl (C=O) groups excluding carboxylic acids is 1. The number of sulfonamides is 1. The first-order chi connectivity index (χ1) is 17.8. The second-order valence-corrected chi connectivity index (χ2v) is 10.7. The van der Waals surface area contributed by atoms with Crippen LogP contribution >= 0.6 is 23.2 Å². The normalized spacial score (nSPS) is 12.1. The lowest BCUT2D eigenvalue weighted by molar-refractivity contribution is -0.137. The van der Waals surface area contributed by atoms with Crippen LogP contribution in [0.15, 0.2) is 59.9 Å². The highest BCUT2D eigenvalue weighted by Gasteiger charge is 2.35. The summed E-state index contributed by atoms with van der Waals surface area (Å²) >= 11 is 12.4. The third-order valence-electron chi connectivity index (χ3n) is 5.49. The van der Waals surface area contributed by atoms with Crippen LogP contribution in [0.2, 0.25) is 10.0 Å². The van der Waals surface area contributed by atoms with E-state index in [-0.39, 0.29) is 23.7 Å². The molecule has 0 aliphatic heterocycles. The van der Waals surface area contributed by atoms with Gasteiger partial charge in [0.2, 0.25) is 0 Å². The Hall–Kier alpha value is -3.35. The Morgan fingerprint density at radius 1 is 1.08 bits per heavy atom. The van der Waals surface area contributed by atoms with Gasteiger partial charge in [-0.05, 0) is 48.9 Å². The van der Waals surface area contributed by atoms with E-state index in [2.05, 4.69) is 9.97 Å². The van der Waals surface area contributed by atoms with E-state index in [1.807, 2.05) is 0 Å². The van der Waals surface area contributed by atoms with Crippen molar-refractivity contribution in [2.24, 2.45) is 7.05 Å². The number of hydrogen-bond acceptors (Lipinski definition) is 6. The maximum atomic E-state index is 13.8. The van der Waals surface area contributed by atoms with Gasteiger partial charge in [-0.2, -0.15) is 13.2 Å². The smallest absolute Gasteiger partial charge is 0.417 e. The number of halogens is 5. The zero-order valence-electron chi connectivity index (χ0n) is 19.8. The molecule has 38 heavy (non-hydrogen) atoms. The number of ether oxygens (including phenoxy) is 1. The average Bonchev–Trinajstić information content (AvgIpc) is 3.22. The zero-order valence-corrected chi connectivity index (χ0v) is 22.2. The van der Waals surface area contributed by atoms with Gasteiger partial charge in [0.05, 0.1) is 34.3 Å². The van der Waals surface area contributed by atoms with E-state index in [1.54, 1.807) is 36.9 Å². The molecule has 0 saturated carbocycles. The van der Waals surface area contributed by atoms with Crippen LogP contribution in [-0.2, 0) is 34.5 Å². The number of benzene rings is 1. The molecule has 0 amide bonds. The first-order valence-electron chi connectivity index (χ1n) is 10.9. The maximum absolute atomic E-state index is 13.8. The number of hydrogen-bond donors (Lipinski definition) is 0. The lowest BCUT2D eigenvalue weighted by Gasteiger charge is -2.25. The highest BCUT2D eigenvalue weighted by atomic mass is 35.5. The highest BCUT2D eigenvalue weighted by Crippen LogP contribution is 2.37. The predicted octanol–water partition coefficient (Wildman–Crippen LogP) is 5.87. The number of rotatable bonds is 7. The molecule has 0 saturated heterocycles. The molecule has 200 valence electrons. The van der Waals surface area contributed by atoms with E-state index in [1.165, 1.54) is 12.3 Å². The van der Waals surface area contributed by atoms with Gasteiger partial charge < -0.3 is 9.30 Å². The molecule has 0 unspecified atom stereocenters. The Labute approximate surface area is 225 Å². The number of fused-ring (bicyclic) bond motifs is 1. The lowest BCUT2D eigenvalue weighted by atomic mass is 10.2. The molecule has 3 aromatic heterocycles. The molecule has 0 atom stereocenters. The number of alkyl halides is 3. The van der Waals surface area contributed by atoms with Crippen molar-refractivity contribution in [3.05, 3.63) is 81.7 Å². The third kappa shape index (κ3) is 5.42. The predicted molar refractivity (Wildman–Crippen MR) is 136 cm³/mol. The number of carbonyl (C=O) groups is 1. The van der Waals surface area contributed by atoms with E-state index >= 15 is 0 Å². The molecule has 0 aliphatic rings. The molecular weight excluding hydrogens is 568 g/mol. The number of nitrogens with zero attached hydrogens (tertiary/aromatic N) is 4. The third-order valence-corrected chi connectivity index (χ3v) is 7.98. The molecule has 3 heterocycles. The van der Waals surface area contributed by atoms with E-state index < -0.39 is 43.5 Å². The largest absolute Gasteiger partial charge is 0.462 e. The fourth-order valence-corrected chi connectivity index (χ4v) is 5.93. The molecule has 0 bridgehead atoms. The fourth-order valence-electron chi connectivity index (χ4n) is 3.67. The minimum absolute atomic E-state index is 0.0202. The van der Waals surface area contributed by atoms with Crippen molar-refractivity contribution in [3.63, 3.8) is 0 Å². The summed E-state index contributed by atoms with van der Waals surface area (Å²) in [6.07, 6.45) is -1.04. The summed E-state index contributed by atoms with van der Waals surface area (Å²) < 4.78 is 74.8. The van der Waals surface area contributed by atoms with Crippen molar-refractivity contribution >= 4 is 56.0 Å². The van der Waals surface area contributed by atoms with Crippen LogP contribution in [0.1, 0.15) is 28.4 Å². The van der Waals surface area contributed by atoms with E-state index in [0.717, 1.165) is 16.4 Å². The molecule has 0 N–H and O–H groups in total. The van der Waals surface area contributed by atoms with Crippen LogP contribution in [0.25, 0.3) is 11.0 Å². The minimum atomic E-state index is -4.74. The Kier molecular flexibility index (Phi) is 7.60. The second-order valence-electron chi connectivity index (χ2n) is 8.09. The topological polar surface area (TPSA) is 94.4 Å². The highest BCUT2D eigenvalue weighted by molar-refractivity contribution is 7.93. The molecular formula is C24H19Cl2F3N4O4S. The Bertz CT molecular complexity index is 1640. The van der Waals surface area contributed by atoms with Gasteiger partial charge in [0, 0.05) is 31.0 Å². The summed E-state index contributed by atoms with van der Waals surface area (Å²) in [5, 5.41) is -0.137. The van der Waals surface area contributed by atoms with Crippen LogP contribution in [0.5, 0.6) is 0 Å². The second kappa shape index (κ2) is 10.4. The van der Waals surface area contributed by atoms with Gasteiger partial charge in [-0.3, -0.25) is 0 Å². The number of pyridine rings is 2. The number of anilines is 1. The molecule has 0 fully saturated rings. The van der Waals surface area contributed by atoms with Gasteiger partial charge in [0.25, 0.3) is 10.0 Å². The molecule has 0 spiro atoms. The number of aryl methyl sites for hydroxylation is 1. The zero-order chi connectivity index (χ0) is 27.8. The van der Waals surface area contributed by atoms with E-state index in [0.29, 0.717) is 28.9 Å². The van der Waals surface area contributed by atoms with Crippen LogP contribution in [0.3, 0.4) is 0 Å². The molecule has 0 radical (unpaired) electrons. The Balaban J connectivity index is 1.83. The van der Waals surface area contributed by atoms with E-state index in [9.17, 15) is 26.4 Å². The van der Waals surface area contributed by atoms with Gasteiger partial charge >= 0.3 is 12.1 Å². The van der Waals surface area contributed by atoms with Crippen molar-refractivity contribution in [2.45, 2.75) is 24.5 Å². The fraction of sp³-hybridized carbons (Fsp3) is 0.208. The van der Waals surface area contributed by atoms with Crippen molar-refractivity contribution in [1.29, 1.82) is 0 Å². The standard InChI is InChI=1S/C24H19Cl2F3N4O4S/c1-3-37-23(34)16-4-5-20(18(25)9-16)38(35,36)33(22-19(26)10-17(12-31-22)24(27,28)29)13-14-8-15-6-7-32(2)21(15)30-11-14/h4-12H,3,13H2,1-2H3. The number of esters is 1. The first kappa shape index (κ1) is 27.7. The first-order valence-corrected chi connectivity index (χ1v) is 13.1. The van der Waals surface area contributed by atoms with Crippen molar-refractivity contribution < 1.29 is 31.1 Å². The monoisotopic (exact) mass is 586 g/mol. The average molecular weight is 587 g/mol. The SMILES string of the molecule is CCOC(=O)c1ccc(S(=O)(=O)N(Cc2cnc3c(ccn3C)c2)c2ncc(C(F)(F)F)cc2Cl)c(Cl)c1. The van der Waals surface area contributed by atoms with Crippen LogP contribution < -0.4 is 4.31 Å². The molecule has 4 aromatic rings. The molecule has 4 rings (SSSR count). The summed E-state index contributed by atoms with van der Waals surface area (Å²) in [5.41, 5.74) is -0.0738. The van der Waals surface area contributed by atoms with Gasteiger partial charge in [-0.1, -0.05) is 23.2 Å². The molecule has 8 nitrogen and oxygen atoms in total. The van der Waals surface area contributed by atoms with Crippen molar-refractivity contribution in [1.82, 2.24) is 14.5 Å². The number of aromatic nitrogens is 3.